The molecule has 2 heterocycles. The van der Waals surface area contributed by atoms with Crippen molar-refractivity contribution < 1.29 is 9.50 Å². The molecule has 0 saturated carbocycles. The summed E-state index contributed by atoms with van der Waals surface area (Å²) < 4.78 is 14.7. The number of aromatic nitrogens is 1. The van der Waals surface area contributed by atoms with Gasteiger partial charge in [0.05, 0.1) is 6.10 Å². The predicted molar refractivity (Wildman–Crippen MR) is 94.9 cm³/mol. The van der Waals surface area contributed by atoms with Gasteiger partial charge in [0.25, 0.3) is 5.56 Å². The van der Waals surface area contributed by atoms with Crippen LogP contribution < -0.4 is 5.56 Å². The predicted octanol–water partition coefficient (Wildman–Crippen LogP) is 1.34. The first-order valence-corrected chi connectivity index (χ1v) is 8.65. The van der Waals surface area contributed by atoms with Crippen LogP contribution in [0.15, 0.2) is 53.5 Å². The van der Waals surface area contributed by atoms with Gasteiger partial charge in [-0.05, 0) is 23.8 Å². The average Bonchev–Trinajstić information content (AvgIpc) is 2.63. The zero-order chi connectivity index (χ0) is 17.6. The van der Waals surface area contributed by atoms with Crippen molar-refractivity contribution >= 4 is 0 Å². The van der Waals surface area contributed by atoms with Crippen LogP contribution in [0.25, 0.3) is 0 Å². The van der Waals surface area contributed by atoms with Gasteiger partial charge < -0.3 is 9.67 Å². The van der Waals surface area contributed by atoms with Gasteiger partial charge in [0, 0.05) is 58.1 Å². The van der Waals surface area contributed by atoms with Gasteiger partial charge in [-0.1, -0.05) is 18.2 Å². The third kappa shape index (κ3) is 4.98. The van der Waals surface area contributed by atoms with E-state index in [1.165, 1.54) is 12.1 Å². The summed E-state index contributed by atoms with van der Waals surface area (Å²) in [7, 11) is 0. The summed E-state index contributed by atoms with van der Waals surface area (Å²) in [5.41, 5.74) is 0.774. The number of nitrogens with zero attached hydrogens (tertiary/aromatic N) is 3. The SMILES string of the molecule is O=c1ccccn1CCN1CCN(CC(O)c2ccc(F)cc2)CC1. The highest BCUT2D eigenvalue weighted by Gasteiger charge is 2.19. The normalized spacial score (nSPS) is 17.5. The summed E-state index contributed by atoms with van der Waals surface area (Å²) in [5, 5.41) is 10.3. The molecular formula is C19H24FN3O2. The number of benzene rings is 1. The van der Waals surface area contributed by atoms with E-state index < -0.39 is 6.10 Å². The molecule has 1 aromatic carbocycles. The number of hydrogen-bond donors (Lipinski definition) is 1. The second kappa shape index (κ2) is 8.38. The molecule has 25 heavy (non-hydrogen) atoms. The largest absolute Gasteiger partial charge is 0.387 e. The van der Waals surface area contributed by atoms with Crippen LogP contribution in [0.4, 0.5) is 4.39 Å². The van der Waals surface area contributed by atoms with Crippen molar-refractivity contribution in [3.63, 3.8) is 0 Å². The molecule has 1 atom stereocenters. The lowest BCUT2D eigenvalue weighted by molar-refractivity contribution is 0.0713. The number of aliphatic hydroxyl groups is 1. The molecule has 0 aliphatic carbocycles. The van der Waals surface area contributed by atoms with Crippen LogP contribution in [-0.2, 0) is 6.54 Å². The highest BCUT2D eigenvalue weighted by atomic mass is 19.1. The van der Waals surface area contributed by atoms with Crippen LogP contribution in [-0.4, -0.2) is 58.7 Å². The van der Waals surface area contributed by atoms with Gasteiger partial charge in [0.15, 0.2) is 0 Å². The Kier molecular flexibility index (Phi) is 5.96. The van der Waals surface area contributed by atoms with Crippen LogP contribution in [0, 0.1) is 5.82 Å². The van der Waals surface area contributed by atoms with Gasteiger partial charge in [-0.25, -0.2) is 4.39 Å². The fraction of sp³-hybridized carbons (Fsp3) is 0.421. The minimum absolute atomic E-state index is 0.0311. The molecule has 1 aliphatic rings. The van der Waals surface area contributed by atoms with E-state index in [4.69, 9.17) is 0 Å². The average molecular weight is 345 g/mol. The van der Waals surface area contributed by atoms with Crippen LogP contribution >= 0.6 is 0 Å². The van der Waals surface area contributed by atoms with E-state index in [9.17, 15) is 14.3 Å². The van der Waals surface area contributed by atoms with E-state index in [1.807, 2.05) is 12.3 Å². The Morgan fingerprint density at radius 2 is 1.64 bits per heavy atom. The molecule has 0 spiro atoms. The third-order valence-electron chi connectivity index (χ3n) is 4.71. The molecular weight excluding hydrogens is 321 g/mol. The van der Waals surface area contributed by atoms with Crippen LogP contribution in [0.2, 0.25) is 0 Å². The van der Waals surface area contributed by atoms with Gasteiger partial charge in [-0.3, -0.25) is 14.6 Å². The number of hydrogen-bond acceptors (Lipinski definition) is 4. The van der Waals surface area contributed by atoms with E-state index in [0.29, 0.717) is 13.1 Å². The summed E-state index contributed by atoms with van der Waals surface area (Å²) in [5.74, 6) is -0.290. The molecule has 6 heteroatoms. The Labute approximate surface area is 146 Å². The molecule has 134 valence electrons. The Hall–Kier alpha value is -2.02. The summed E-state index contributed by atoms with van der Waals surface area (Å²) in [6, 6.07) is 11.2. The summed E-state index contributed by atoms with van der Waals surface area (Å²) >= 11 is 0. The zero-order valence-electron chi connectivity index (χ0n) is 14.2. The highest BCUT2D eigenvalue weighted by Crippen LogP contribution is 2.16. The molecule has 1 unspecified atom stereocenters. The number of pyridine rings is 1. The first-order chi connectivity index (χ1) is 12.1. The van der Waals surface area contributed by atoms with E-state index in [0.717, 1.165) is 38.3 Å². The Balaban J connectivity index is 1.43. The topological polar surface area (TPSA) is 48.7 Å². The number of aliphatic hydroxyl groups excluding tert-OH is 1. The standard InChI is InChI=1S/C19H24FN3O2/c20-17-6-4-16(5-7-17)18(24)15-22-11-9-21(10-12-22)13-14-23-8-2-1-3-19(23)25/h1-8,18,24H,9-15H2. The minimum atomic E-state index is -0.602. The van der Waals surface area contributed by atoms with Crippen molar-refractivity contribution in [1.82, 2.24) is 14.4 Å². The lowest BCUT2D eigenvalue weighted by Gasteiger charge is -2.35. The minimum Gasteiger partial charge on any atom is -0.387 e. The van der Waals surface area contributed by atoms with Crippen molar-refractivity contribution in [2.45, 2.75) is 12.6 Å². The Morgan fingerprint density at radius 1 is 0.960 bits per heavy atom. The molecule has 2 aromatic rings. The number of halogens is 1. The zero-order valence-corrected chi connectivity index (χ0v) is 14.2. The van der Waals surface area contributed by atoms with E-state index in [-0.39, 0.29) is 11.4 Å². The molecule has 3 rings (SSSR count). The van der Waals surface area contributed by atoms with Gasteiger partial charge in [0.2, 0.25) is 0 Å². The van der Waals surface area contributed by atoms with Crippen LogP contribution in [0.1, 0.15) is 11.7 Å². The van der Waals surface area contributed by atoms with Crippen molar-refractivity contribution in [1.29, 1.82) is 0 Å². The van der Waals surface area contributed by atoms with Gasteiger partial charge in [0.1, 0.15) is 5.82 Å². The number of rotatable bonds is 6. The maximum atomic E-state index is 13.0. The van der Waals surface area contributed by atoms with Gasteiger partial charge in [-0.2, -0.15) is 0 Å². The fourth-order valence-corrected chi connectivity index (χ4v) is 3.12. The molecule has 0 amide bonds. The number of β-amino-alcohol motifs (C(OH)–C–C–N with tert-alkyl or cyclic N) is 1. The third-order valence-corrected chi connectivity index (χ3v) is 4.71. The van der Waals surface area contributed by atoms with Crippen molar-refractivity contribution in [2.24, 2.45) is 0 Å². The first-order valence-electron chi connectivity index (χ1n) is 8.65. The van der Waals surface area contributed by atoms with Crippen LogP contribution in [0.3, 0.4) is 0 Å². The quantitative estimate of drug-likeness (QED) is 0.858. The molecule has 1 aromatic heterocycles. The summed E-state index contributed by atoms with van der Waals surface area (Å²) in [4.78, 5) is 16.3. The van der Waals surface area contributed by atoms with E-state index in [2.05, 4.69) is 9.80 Å². The summed E-state index contributed by atoms with van der Waals surface area (Å²) in [6.07, 6.45) is 1.22. The second-order valence-corrected chi connectivity index (χ2v) is 6.44. The van der Waals surface area contributed by atoms with E-state index in [1.54, 1.807) is 28.8 Å². The first kappa shape index (κ1) is 17.8. The lowest BCUT2D eigenvalue weighted by Crippen LogP contribution is -2.48. The highest BCUT2D eigenvalue weighted by molar-refractivity contribution is 5.18. The maximum absolute atomic E-state index is 13.0. The Morgan fingerprint density at radius 3 is 2.32 bits per heavy atom. The maximum Gasteiger partial charge on any atom is 0.250 e. The summed E-state index contributed by atoms with van der Waals surface area (Å²) in [6.45, 7) is 5.67. The monoisotopic (exact) mass is 345 g/mol. The molecule has 0 radical (unpaired) electrons. The van der Waals surface area contributed by atoms with Crippen molar-refractivity contribution in [2.75, 3.05) is 39.3 Å². The molecule has 0 bridgehead atoms. The molecule has 1 fully saturated rings. The lowest BCUT2D eigenvalue weighted by atomic mass is 10.1. The van der Waals surface area contributed by atoms with Gasteiger partial charge in [-0.15, -0.1) is 0 Å². The van der Waals surface area contributed by atoms with Crippen LogP contribution in [0.5, 0.6) is 0 Å². The smallest absolute Gasteiger partial charge is 0.250 e. The van der Waals surface area contributed by atoms with E-state index >= 15 is 0 Å². The second-order valence-electron chi connectivity index (χ2n) is 6.44. The molecule has 5 nitrogen and oxygen atoms in total. The van der Waals surface area contributed by atoms with Crippen molar-refractivity contribution in [3.05, 3.63) is 70.4 Å². The molecule has 1 saturated heterocycles. The fourth-order valence-electron chi connectivity index (χ4n) is 3.12. The molecule has 1 aliphatic heterocycles. The van der Waals surface area contributed by atoms with Crippen molar-refractivity contribution in [3.8, 4) is 0 Å². The number of piperazine rings is 1. The molecule has 1 N–H and O–H groups in total. The Bertz CT molecular complexity index is 724. The van der Waals surface area contributed by atoms with Gasteiger partial charge >= 0.3 is 0 Å².